The molecule has 1 unspecified atom stereocenters. The van der Waals surface area contributed by atoms with Gasteiger partial charge in [-0.2, -0.15) is 4.31 Å². The van der Waals surface area contributed by atoms with Gasteiger partial charge < -0.3 is 15.1 Å². The van der Waals surface area contributed by atoms with Crippen LogP contribution >= 0.6 is 11.3 Å². The van der Waals surface area contributed by atoms with Crippen LogP contribution in [-0.4, -0.2) is 63.8 Å². The van der Waals surface area contributed by atoms with Gasteiger partial charge in [0, 0.05) is 38.6 Å². The van der Waals surface area contributed by atoms with Crippen molar-refractivity contribution in [3.8, 4) is 0 Å². The number of rotatable bonds is 7. The number of likely N-dealkylation sites (tertiary alicyclic amines) is 1. The van der Waals surface area contributed by atoms with Crippen molar-refractivity contribution in [2.75, 3.05) is 50.5 Å². The number of anilines is 2. The molecule has 0 aliphatic carbocycles. The second-order valence-corrected chi connectivity index (χ2v) is 11.6. The van der Waals surface area contributed by atoms with E-state index in [-0.39, 0.29) is 23.4 Å². The monoisotopic (exact) mass is 476 g/mol. The molecule has 2 aromatic rings. The van der Waals surface area contributed by atoms with E-state index in [4.69, 9.17) is 0 Å². The van der Waals surface area contributed by atoms with Gasteiger partial charge >= 0.3 is 0 Å². The Morgan fingerprint density at radius 1 is 1.12 bits per heavy atom. The van der Waals surface area contributed by atoms with Gasteiger partial charge in [0.2, 0.25) is 15.9 Å². The van der Waals surface area contributed by atoms with E-state index in [2.05, 4.69) is 11.4 Å². The Kier molecular flexibility index (Phi) is 7.07. The normalized spacial score (nSPS) is 19.8. The summed E-state index contributed by atoms with van der Waals surface area (Å²) in [5.74, 6) is 0.0369. The second-order valence-electron chi connectivity index (χ2n) is 8.65. The molecule has 174 valence electrons. The molecule has 1 atom stereocenters. The third-order valence-electron chi connectivity index (χ3n) is 6.28. The smallest absolute Gasteiger partial charge is 0.243 e. The van der Waals surface area contributed by atoms with Crippen molar-refractivity contribution < 1.29 is 13.2 Å². The van der Waals surface area contributed by atoms with Gasteiger partial charge in [-0.3, -0.25) is 4.79 Å². The Morgan fingerprint density at radius 3 is 2.59 bits per heavy atom. The molecule has 2 fully saturated rings. The van der Waals surface area contributed by atoms with Crippen LogP contribution in [0.3, 0.4) is 0 Å². The van der Waals surface area contributed by atoms with Crippen molar-refractivity contribution in [3.63, 3.8) is 0 Å². The number of amides is 1. The first-order valence-corrected chi connectivity index (χ1v) is 13.6. The van der Waals surface area contributed by atoms with Crippen molar-refractivity contribution >= 4 is 38.6 Å². The van der Waals surface area contributed by atoms with Gasteiger partial charge in [-0.15, -0.1) is 11.3 Å². The van der Waals surface area contributed by atoms with Crippen LogP contribution in [0.15, 0.2) is 40.6 Å². The van der Waals surface area contributed by atoms with Crippen molar-refractivity contribution in [3.05, 3.63) is 40.6 Å². The number of hydrogen-bond acceptors (Lipinski definition) is 6. The van der Waals surface area contributed by atoms with Crippen molar-refractivity contribution in [1.82, 2.24) is 9.21 Å². The molecule has 0 radical (unpaired) electrons. The minimum Gasteiger partial charge on any atom is -0.376 e. The van der Waals surface area contributed by atoms with Gasteiger partial charge in [0.15, 0.2) is 0 Å². The number of nitrogens with one attached hydrogen (secondary N) is 1. The Bertz CT molecular complexity index is 1030. The Hall–Kier alpha value is -2.10. The molecule has 2 saturated heterocycles. The zero-order chi connectivity index (χ0) is 22.7. The van der Waals surface area contributed by atoms with Crippen LogP contribution in [0, 0.1) is 0 Å². The lowest BCUT2D eigenvalue weighted by molar-refractivity contribution is -0.130. The highest BCUT2D eigenvalue weighted by atomic mass is 32.2. The van der Waals surface area contributed by atoms with Crippen LogP contribution in [-0.2, 0) is 14.8 Å². The molecule has 1 aromatic heterocycles. The van der Waals surface area contributed by atoms with Gasteiger partial charge in [0.25, 0.3) is 0 Å². The van der Waals surface area contributed by atoms with Gasteiger partial charge in [-0.25, -0.2) is 8.42 Å². The van der Waals surface area contributed by atoms with E-state index >= 15 is 0 Å². The maximum atomic E-state index is 13.2. The molecule has 0 spiro atoms. The minimum absolute atomic E-state index is 0.0369. The molecule has 1 aromatic carbocycles. The topological polar surface area (TPSA) is 73.0 Å². The molecular formula is C23H32N4O3S2. The van der Waals surface area contributed by atoms with Crippen LogP contribution in [0.4, 0.5) is 11.4 Å². The molecule has 1 amide bonds. The number of carbonyl (C=O) groups is 1. The molecule has 4 rings (SSSR count). The van der Waals surface area contributed by atoms with Gasteiger partial charge in [-0.05, 0) is 55.3 Å². The summed E-state index contributed by atoms with van der Waals surface area (Å²) in [5, 5.41) is 5.29. The number of sulfonamides is 1. The lowest BCUT2D eigenvalue weighted by Gasteiger charge is -2.27. The molecule has 9 heteroatoms. The van der Waals surface area contributed by atoms with E-state index < -0.39 is 10.0 Å². The number of carbonyl (C=O) groups excluding carboxylic acids is 1. The third kappa shape index (κ3) is 4.79. The van der Waals surface area contributed by atoms with Gasteiger partial charge in [-0.1, -0.05) is 12.5 Å². The average molecular weight is 477 g/mol. The number of nitrogens with zero attached hydrogens (tertiary/aromatic N) is 3. The van der Waals surface area contributed by atoms with Gasteiger partial charge in [0.1, 0.15) is 0 Å². The molecule has 7 nitrogen and oxygen atoms in total. The summed E-state index contributed by atoms with van der Waals surface area (Å²) in [7, 11) is 0.284. The summed E-state index contributed by atoms with van der Waals surface area (Å²) in [6.07, 6.45) is 4.86. The minimum atomic E-state index is -3.54. The lowest BCUT2D eigenvalue weighted by Crippen LogP contribution is -2.36. The Labute approximate surface area is 195 Å². The molecule has 3 heterocycles. The standard InChI is InChI=1S/C23H32N4O3S2/c1-25(2)20-11-10-18(32(29,30)26-12-4-3-5-13-26)16-19(20)24-17-23(28)27-14-6-8-21(27)22-9-7-15-31-22/h7,9-11,15-16,21,24H,3-6,8,12-14,17H2,1-2H3. The number of thiophene rings is 1. The van der Waals surface area contributed by atoms with E-state index in [1.165, 1.54) is 4.88 Å². The SMILES string of the molecule is CN(C)c1ccc(S(=O)(=O)N2CCCCC2)cc1NCC(=O)N1CCCC1c1cccs1. The number of benzene rings is 1. The first-order valence-electron chi connectivity index (χ1n) is 11.3. The van der Waals surface area contributed by atoms with E-state index in [1.54, 1.807) is 27.8 Å². The molecular weight excluding hydrogens is 444 g/mol. The van der Waals surface area contributed by atoms with Crippen LogP contribution < -0.4 is 10.2 Å². The average Bonchev–Trinajstić information content (AvgIpc) is 3.49. The third-order valence-corrected chi connectivity index (χ3v) is 9.15. The highest BCUT2D eigenvalue weighted by Gasteiger charge is 2.31. The highest BCUT2D eigenvalue weighted by Crippen LogP contribution is 2.35. The Morgan fingerprint density at radius 2 is 1.91 bits per heavy atom. The van der Waals surface area contributed by atoms with E-state index in [9.17, 15) is 13.2 Å². The molecule has 0 saturated carbocycles. The first-order chi connectivity index (χ1) is 15.4. The summed E-state index contributed by atoms with van der Waals surface area (Å²) in [4.78, 5) is 18.4. The summed E-state index contributed by atoms with van der Waals surface area (Å²) in [6.45, 7) is 2.03. The maximum absolute atomic E-state index is 13.2. The van der Waals surface area contributed by atoms with Gasteiger partial charge in [0.05, 0.1) is 28.9 Å². The van der Waals surface area contributed by atoms with E-state index in [0.717, 1.165) is 44.3 Å². The zero-order valence-corrected chi connectivity index (χ0v) is 20.4. The number of piperidine rings is 1. The summed E-state index contributed by atoms with van der Waals surface area (Å²) in [5.41, 5.74) is 1.51. The van der Waals surface area contributed by atoms with Crippen LogP contribution in [0.25, 0.3) is 0 Å². The fraction of sp³-hybridized carbons (Fsp3) is 0.522. The largest absolute Gasteiger partial charge is 0.376 e. The number of hydrogen-bond donors (Lipinski definition) is 1. The molecule has 32 heavy (non-hydrogen) atoms. The van der Waals surface area contributed by atoms with Crippen LogP contribution in [0.5, 0.6) is 0 Å². The van der Waals surface area contributed by atoms with E-state index in [1.807, 2.05) is 41.4 Å². The summed E-state index contributed by atoms with van der Waals surface area (Å²) >= 11 is 1.69. The van der Waals surface area contributed by atoms with Crippen molar-refractivity contribution in [1.29, 1.82) is 0 Å². The fourth-order valence-corrected chi connectivity index (χ4v) is 6.99. The van der Waals surface area contributed by atoms with Crippen molar-refractivity contribution in [2.24, 2.45) is 0 Å². The zero-order valence-electron chi connectivity index (χ0n) is 18.8. The van der Waals surface area contributed by atoms with Crippen LogP contribution in [0.2, 0.25) is 0 Å². The summed E-state index contributed by atoms with van der Waals surface area (Å²) < 4.78 is 27.9. The fourth-order valence-electron chi connectivity index (χ4n) is 4.58. The predicted molar refractivity (Wildman–Crippen MR) is 130 cm³/mol. The first kappa shape index (κ1) is 23.1. The highest BCUT2D eigenvalue weighted by molar-refractivity contribution is 7.89. The molecule has 2 aliphatic heterocycles. The Balaban J connectivity index is 1.52. The van der Waals surface area contributed by atoms with Crippen molar-refractivity contribution in [2.45, 2.75) is 43.0 Å². The maximum Gasteiger partial charge on any atom is 0.243 e. The van der Waals surface area contributed by atoms with Crippen LogP contribution in [0.1, 0.15) is 43.0 Å². The second kappa shape index (κ2) is 9.80. The quantitative estimate of drug-likeness (QED) is 0.659. The molecule has 0 bridgehead atoms. The predicted octanol–water partition coefficient (Wildman–Crippen LogP) is 3.76. The summed E-state index contributed by atoms with van der Waals surface area (Å²) in [6, 6.07) is 9.41. The lowest BCUT2D eigenvalue weighted by atomic mass is 10.2. The van der Waals surface area contributed by atoms with E-state index in [0.29, 0.717) is 18.8 Å². The molecule has 2 aliphatic rings. The molecule has 1 N–H and O–H groups in total.